The van der Waals surface area contributed by atoms with Gasteiger partial charge >= 0.3 is 5.97 Å². The van der Waals surface area contributed by atoms with Crippen LogP contribution in [0, 0.1) is 5.92 Å². The van der Waals surface area contributed by atoms with E-state index in [0.29, 0.717) is 12.8 Å². The van der Waals surface area contributed by atoms with Crippen LogP contribution in [0.15, 0.2) is 18.2 Å². The third kappa shape index (κ3) is 2.59. The van der Waals surface area contributed by atoms with Crippen LogP contribution in [0.1, 0.15) is 12.8 Å². The molecule has 1 N–H and O–H groups in total. The molecule has 0 bridgehead atoms. The lowest BCUT2D eigenvalue weighted by molar-refractivity contribution is -0.145. The van der Waals surface area contributed by atoms with Crippen molar-refractivity contribution in [2.24, 2.45) is 5.92 Å². The van der Waals surface area contributed by atoms with Crippen LogP contribution in [-0.2, 0) is 4.79 Å². The monoisotopic (exact) mass is 265 g/mol. The van der Waals surface area contributed by atoms with Crippen LogP contribution < -0.4 is 14.4 Å². The molecule has 0 amide bonds. The summed E-state index contributed by atoms with van der Waals surface area (Å²) in [5.74, 6) is 0.602. The van der Waals surface area contributed by atoms with Gasteiger partial charge in [0.1, 0.15) is 11.5 Å². The van der Waals surface area contributed by atoms with Gasteiger partial charge in [0.15, 0.2) is 0 Å². The molecular weight excluding hydrogens is 246 g/mol. The maximum atomic E-state index is 10.8. The Kier molecular flexibility index (Phi) is 3.83. The summed E-state index contributed by atoms with van der Waals surface area (Å²) < 4.78 is 10.6. The number of methoxy groups -OCH3 is 2. The summed E-state index contributed by atoms with van der Waals surface area (Å²) in [6.45, 7) is 0. The summed E-state index contributed by atoms with van der Waals surface area (Å²) >= 11 is 0. The van der Waals surface area contributed by atoms with E-state index in [0.717, 1.165) is 17.2 Å². The average molecular weight is 265 g/mol. The van der Waals surface area contributed by atoms with Gasteiger partial charge in [0, 0.05) is 19.2 Å². The molecule has 0 heterocycles. The largest absolute Gasteiger partial charge is 0.497 e. The number of benzene rings is 1. The molecule has 2 rings (SSSR count). The Hall–Kier alpha value is -1.91. The second-order valence-electron chi connectivity index (χ2n) is 4.81. The zero-order valence-corrected chi connectivity index (χ0v) is 11.4. The van der Waals surface area contributed by atoms with E-state index in [4.69, 9.17) is 14.6 Å². The van der Waals surface area contributed by atoms with Gasteiger partial charge in [-0.05, 0) is 25.0 Å². The van der Waals surface area contributed by atoms with Gasteiger partial charge in [0.25, 0.3) is 0 Å². The molecule has 0 aliphatic heterocycles. The number of carboxylic acids is 1. The number of aliphatic carboxylic acids is 1. The molecule has 0 unspecified atom stereocenters. The number of carboxylic acid groups (broad SMARTS) is 1. The summed E-state index contributed by atoms with van der Waals surface area (Å²) in [5.41, 5.74) is 0.927. The fourth-order valence-electron chi connectivity index (χ4n) is 2.37. The third-order valence-electron chi connectivity index (χ3n) is 3.78. The molecular formula is C14H19NO4. The van der Waals surface area contributed by atoms with Gasteiger partial charge in [0.2, 0.25) is 0 Å². The molecule has 0 aromatic heterocycles. The lowest BCUT2D eigenvalue weighted by Crippen LogP contribution is -2.45. The molecule has 1 fully saturated rings. The van der Waals surface area contributed by atoms with E-state index in [1.165, 1.54) is 0 Å². The van der Waals surface area contributed by atoms with Crippen molar-refractivity contribution in [2.45, 2.75) is 18.9 Å². The van der Waals surface area contributed by atoms with Gasteiger partial charge in [-0.15, -0.1) is 0 Å². The number of anilines is 1. The van der Waals surface area contributed by atoms with Crippen molar-refractivity contribution in [1.82, 2.24) is 0 Å². The van der Waals surface area contributed by atoms with Gasteiger partial charge in [-0.3, -0.25) is 4.79 Å². The second-order valence-corrected chi connectivity index (χ2v) is 4.81. The van der Waals surface area contributed by atoms with Crippen molar-refractivity contribution in [1.29, 1.82) is 0 Å². The van der Waals surface area contributed by atoms with Crippen molar-refractivity contribution in [3.05, 3.63) is 18.2 Å². The quantitative estimate of drug-likeness (QED) is 0.882. The maximum Gasteiger partial charge on any atom is 0.306 e. The van der Waals surface area contributed by atoms with E-state index in [1.807, 2.05) is 25.2 Å². The molecule has 0 saturated heterocycles. The van der Waals surface area contributed by atoms with Gasteiger partial charge in [-0.2, -0.15) is 0 Å². The molecule has 104 valence electrons. The summed E-state index contributed by atoms with van der Waals surface area (Å²) in [6.07, 6.45) is 1.35. The van der Waals surface area contributed by atoms with Gasteiger partial charge in [0.05, 0.1) is 25.8 Å². The molecule has 0 spiro atoms. The van der Waals surface area contributed by atoms with E-state index in [1.54, 1.807) is 14.2 Å². The molecule has 0 atom stereocenters. The van der Waals surface area contributed by atoms with Gasteiger partial charge < -0.3 is 19.5 Å². The fraction of sp³-hybridized carbons (Fsp3) is 0.500. The molecule has 0 radical (unpaired) electrons. The van der Waals surface area contributed by atoms with Crippen LogP contribution in [0.4, 0.5) is 5.69 Å². The Morgan fingerprint density at radius 2 is 2.00 bits per heavy atom. The van der Waals surface area contributed by atoms with E-state index >= 15 is 0 Å². The highest BCUT2D eigenvalue weighted by molar-refractivity contribution is 5.72. The van der Waals surface area contributed by atoms with Crippen LogP contribution in [0.25, 0.3) is 0 Å². The summed E-state index contributed by atoms with van der Waals surface area (Å²) in [6, 6.07) is 5.85. The SMILES string of the molecule is COc1ccc(OC)c(N(C)C2CC(C(=O)O)C2)c1. The highest BCUT2D eigenvalue weighted by Gasteiger charge is 2.37. The van der Waals surface area contributed by atoms with E-state index in [-0.39, 0.29) is 12.0 Å². The lowest BCUT2D eigenvalue weighted by Gasteiger charge is -2.40. The fourth-order valence-corrected chi connectivity index (χ4v) is 2.37. The highest BCUT2D eigenvalue weighted by atomic mass is 16.5. The number of carbonyl (C=O) groups is 1. The normalized spacial score (nSPS) is 21.4. The Morgan fingerprint density at radius 1 is 1.32 bits per heavy atom. The second kappa shape index (κ2) is 5.38. The summed E-state index contributed by atoms with van der Waals surface area (Å²) in [7, 11) is 5.20. The molecule has 1 aliphatic carbocycles. The zero-order valence-electron chi connectivity index (χ0n) is 11.4. The van der Waals surface area contributed by atoms with Crippen molar-refractivity contribution >= 4 is 11.7 Å². The minimum Gasteiger partial charge on any atom is -0.497 e. The number of rotatable bonds is 5. The molecule has 1 aliphatic rings. The number of nitrogens with zero attached hydrogens (tertiary/aromatic N) is 1. The Morgan fingerprint density at radius 3 is 2.53 bits per heavy atom. The predicted octanol–water partition coefficient (Wildman–Crippen LogP) is 2.00. The van der Waals surface area contributed by atoms with Gasteiger partial charge in [-0.1, -0.05) is 0 Å². The first-order chi connectivity index (χ1) is 9.06. The maximum absolute atomic E-state index is 10.8. The first kappa shape index (κ1) is 13.5. The number of ether oxygens (including phenoxy) is 2. The highest BCUT2D eigenvalue weighted by Crippen LogP contribution is 2.39. The molecule has 1 saturated carbocycles. The topological polar surface area (TPSA) is 59.0 Å². The zero-order chi connectivity index (χ0) is 14.0. The molecule has 19 heavy (non-hydrogen) atoms. The van der Waals surface area contributed by atoms with Crippen LogP contribution in [0.3, 0.4) is 0 Å². The number of hydrogen-bond donors (Lipinski definition) is 1. The Labute approximate surface area is 112 Å². The molecule has 1 aromatic rings. The van der Waals surface area contributed by atoms with Gasteiger partial charge in [-0.25, -0.2) is 0 Å². The smallest absolute Gasteiger partial charge is 0.306 e. The summed E-state index contributed by atoms with van der Waals surface area (Å²) in [5, 5.41) is 8.92. The molecule has 5 nitrogen and oxygen atoms in total. The van der Waals surface area contributed by atoms with E-state index < -0.39 is 5.97 Å². The Bertz CT molecular complexity index is 469. The van der Waals surface area contributed by atoms with Crippen LogP contribution in [0.2, 0.25) is 0 Å². The van der Waals surface area contributed by atoms with Crippen LogP contribution in [0.5, 0.6) is 11.5 Å². The lowest BCUT2D eigenvalue weighted by atomic mass is 9.79. The summed E-state index contributed by atoms with van der Waals surface area (Å²) in [4.78, 5) is 12.9. The standard InChI is InChI=1S/C14H19NO4/c1-15(10-6-9(7-10)14(16)17)12-8-11(18-2)4-5-13(12)19-3/h4-5,8-10H,6-7H2,1-3H3,(H,16,17). The van der Waals surface area contributed by atoms with Crippen molar-refractivity contribution in [2.75, 3.05) is 26.2 Å². The van der Waals surface area contributed by atoms with Crippen LogP contribution >= 0.6 is 0 Å². The van der Waals surface area contributed by atoms with Crippen LogP contribution in [-0.4, -0.2) is 38.4 Å². The Balaban J connectivity index is 2.14. The first-order valence-electron chi connectivity index (χ1n) is 6.24. The minimum atomic E-state index is -0.706. The first-order valence-corrected chi connectivity index (χ1v) is 6.24. The third-order valence-corrected chi connectivity index (χ3v) is 3.78. The number of hydrogen-bond acceptors (Lipinski definition) is 4. The van der Waals surface area contributed by atoms with Crippen molar-refractivity contribution in [3.63, 3.8) is 0 Å². The van der Waals surface area contributed by atoms with E-state index in [2.05, 4.69) is 4.90 Å². The predicted molar refractivity (Wildman–Crippen MR) is 72.1 cm³/mol. The van der Waals surface area contributed by atoms with E-state index in [9.17, 15) is 4.79 Å². The van der Waals surface area contributed by atoms with Crippen molar-refractivity contribution < 1.29 is 19.4 Å². The van der Waals surface area contributed by atoms with Crippen molar-refractivity contribution in [3.8, 4) is 11.5 Å². The molecule has 5 heteroatoms. The minimum absolute atomic E-state index is 0.218. The molecule has 1 aromatic carbocycles. The average Bonchev–Trinajstić information content (AvgIpc) is 2.35.